The Bertz CT molecular complexity index is 419. The van der Waals surface area contributed by atoms with E-state index in [1.807, 2.05) is 17.0 Å². The Morgan fingerprint density at radius 2 is 2.39 bits per heavy atom. The van der Waals surface area contributed by atoms with Crippen LogP contribution in [-0.4, -0.2) is 28.9 Å². The summed E-state index contributed by atoms with van der Waals surface area (Å²) >= 11 is 0. The predicted molar refractivity (Wildman–Crippen MR) is 71.9 cm³/mol. The SMILES string of the molecule is CC1CCCN(C(=O)CCc2cccc(N)n2)C1. The van der Waals surface area contributed by atoms with Crippen molar-refractivity contribution in [3.05, 3.63) is 23.9 Å². The molecule has 1 amide bonds. The molecule has 98 valence electrons. The first-order valence-electron chi connectivity index (χ1n) is 6.64. The molecule has 1 aliphatic rings. The first-order valence-corrected chi connectivity index (χ1v) is 6.64. The normalized spacial score (nSPS) is 19.8. The van der Waals surface area contributed by atoms with Gasteiger partial charge in [0.25, 0.3) is 0 Å². The largest absolute Gasteiger partial charge is 0.384 e. The quantitative estimate of drug-likeness (QED) is 0.886. The molecule has 1 aromatic rings. The summed E-state index contributed by atoms with van der Waals surface area (Å²) in [4.78, 5) is 18.3. The molecule has 1 unspecified atom stereocenters. The van der Waals surface area contributed by atoms with Crippen LogP contribution in [0.3, 0.4) is 0 Å². The summed E-state index contributed by atoms with van der Waals surface area (Å²) in [6, 6.07) is 5.56. The minimum absolute atomic E-state index is 0.241. The number of nitrogens with zero attached hydrogens (tertiary/aromatic N) is 2. The lowest BCUT2D eigenvalue weighted by Gasteiger charge is -2.31. The van der Waals surface area contributed by atoms with E-state index in [4.69, 9.17) is 5.73 Å². The molecule has 1 aromatic heterocycles. The highest BCUT2D eigenvalue weighted by Crippen LogP contribution is 2.16. The number of rotatable bonds is 3. The average molecular weight is 247 g/mol. The van der Waals surface area contributed by atoms with Gasteiger partial charge in [0.05, 0.1) is 0 Å². The number of nitrogen functional groups attached to an aromatic ring is 1. The minimum atomic E-state index is 0.241. The fourth-order valence-corrected chi connectivity index (χ4v) is 2.45. The number of likely N-dealkylation sites (tertiary alicyclic amines) is 1. The molecule has 0 radical (unpaired) electrons. The number of aryl methyl sites for hydroxylation is 1. The number of nitrogens with two attached hydrogens (primary N) is 1. The van der Waals surface area contributed by atoms with Crippen LogP contribution >= 0.6 is 0 Å². The van der Waals surface area contributed by atoms with Crippen LogP contribution in [0.25, 0.3) is 0 Å². The molecule has 2 heterocycles. The van der Waals surface area contributed by atoms with Crippen LogP contribution < -0.4 is 5.73 Å². The van der Waals surface area contributed by atoms with Crippen molar-refractivity contribution in [1.82, 2.24) is 9.88 Å². The zero-order chi connectivity index (χ0) is 13.0. The molecule has 0 saturated carbocycles. The highest BCUT2D eigenvalue weighted by Gasteiger charge is 2.20. The third kappa shape index (κ3) is 3.45. The third-order valence-corrected chi connectivity index (χ3v) is 3.43. The van der Waals surface area contributed by atoms with Crippen LogP contribution in [0.2, 0.25) is 0 Å². The van der Waals surface area contributed by atoms with Crippen LogP contribution in [0.5, 0.6) is 0 Å². The van der Waals surface area contributed by atoms with E-state index in [1.165, 1.54) is 6.42 Å². The number of hydrogen-bond donors (Lipinski definition) is 1. The van der Waals surface area contributed by atoms with Gasteiger partial charge in [-0.3, -0.25) is 4.79 Å². The van der Waals surface area contributed by atoms with Crippen LogP contribution in [-0.2, 0) is 11.2 Å². The fourth-order valence-electron chi connectivity index (χ4n) is 2.45. The van der Waals surface area contributed by atoms with E-state index in [0.29, 0.717) is 24.6 Å². The van der Waals surface area contributed by atoms with Gasteiger partial charge < -0.3 is 10.6 Å². The molecule has 1 aliphatic heterocycles. The van der Waals surface area contributed by atoms with Crippen LogP contribution in [0, 0.1) is 5.92 Å². The summed E-state index contributed by atoms with van der Waals surface area (Å²) in [5, 5.41) is 0. The van der Waals surface area contributed by atoms with E-state index in [0.717, 1.165) is 25.2 Å². The van der Waals surface area contributed by atoms with Gasteiger partial charge in [-0.05, 0) is 37.3 Å². The molecule has 1 fully saturated rings. The van der Waals surface area contributed by atoms with Gasteiger partial charge in [-0.2, -0.15) is 0 Å². The second-order valence-corrected chi connectivity index (χ2v) is 5.14. The summed E-state index contributed by atoms with van der Waals surface area (Å²) in [5.74, 6) is 1.39. The van der Waals surface area contributed by atoms with Gasteiger partial charge in [-0.15, -0.1) is 0 Å². The second-order valence-electron chi connectivity index (χ2n) is 5.14. The Kier molecular flexibility index (Phi) is 4.18. The summed E-state index contributed by atoms with van der Waals surface area (Å²) in [6.45, 7) is 4.02. The van der Waals surface area contributed by atoms with Crippen molar-refractivity contribution in [2.45, 2.75) is 32.6 Å². The van der Waals surface area contributed by atoms with E-state index in [9.17, 15) is 4.79 Å². The monoisotopic (exact) mass is 247 g/mol. The smallest absolute Gasteiger partial charge is 0.222 e. The zero-order valence-electron chi connectivity index (χ0n) is 10.9. The molecule has 0 aliphatic carbocycles. The maximum absolute atomic E-state index is 12.1. The summed E-state index contributed by atoms with van der Waals surface area (Å²) in [5.41, 5.74) is 6.52. The lowest BCUT2D eigenvalue weighted by atomic mass is 10.00. The molecule has 2 rings (SSSR count). The van der Waals surface area contributed by atoms with Crippen molar-refractivity contribution in [1.29, 1.82) is 0 Å². The van der Waals surface area contributed by atoms with Crippen molar-refractivity contribution in [2.75, 3.05) is 18.8 Å². The van der Waals surface area contributed by atoms with E-state index in [-0.39, 0.29) is 5.91 Å². The molecule has 0 spiro atoms. The molecule has 0 aromatic carbocycles. The minimum Gasteiger partial charge on any atom is -0.384 e. The third-order valence-electron chi connectivity index (χ3n) is 3.43. The number of pyridine rings is 1. The van der Waals surface area contributed by atoms with Gasteiger partial charge >= 0.3 is 0 Å². The van der Waals surface area contributed by atoms with E-state index < -0.39 is 0 Å². The standard InChI is InChI=1S/C14H21N3O/c1-11-4-3-9-17(10-11)14(18)8-7-12-5-2-6-13(15)16-12/h2,5-6,11H,3-4,7-10H2,1H3,(H2,15,16). The molecule has 0 bridgehead atoms. The Labute approximate surface area is 108 Å². The van der Waals surface area contributed by atoms with Crippen molar-refractivity contribution >= 4 is 11.7 Å². The highest BCUT2D eigenvalue weighted by atomic mass is 16.2. The van der Waals surface area contributed by atoms with E-state index in [2.05, 4.69) is 11.9 Å². The van der Waals surface area contributed by atoms with Crippen LogP contribution in [0.15, 0.2) is 18.2 Å². The first-order chi connectivity index (χ1) is 8.65. The number of anilines is 1. The zero-order valence-corrected chi connectivity index (χ0v) is 10.9. The second kappa shape index (κ2) is 5.85. The summed E-state index contributed by atoms with van der Waals surface area (Å²) in [6.07, 6.45) is 3.57. The maximum Gasteiger partial charge on any atom is 0.222 e. The Hall–Kier alpha value is -1.58. The Balaban J connectivity index is 1.84. The topological polar surface area (TPSA) is 59.2 Å². The highest BCUT2D eigenvalue weighted by molar-refractivity contribution is 5.76. The van der Waals surface area contributed by atoms with Crippen LogP contribution in [0.1, 0.15) is 31.9 Å². The fraction of sp³-hybridized carbons (Fsp3) is 0.571. The molecule has 18 heavy (non-hydrogen) atoms. The van der Waals surface area contributed by atoms with Crippen LogP contribution in [0.4, 0.5) is 5.82 Å². The Morgan fingerprint density at radius 1 is 1.56 bits per heavy atom. The maximum atomic E-state index is 12.1. The van der Waals surface area contributed by atoms with Gasteiger partial charge in [0.1, 0.15) is 5.82 Å². The predicted octanol–water partition coefficient (Wildman–Crippen LogP) is 1.85. The summed E-state index contributed by atoms with van der Waals surface area (Å²) < 4.78 is 0. The number of carbonyl (C=O) groups is 1. The van der Waals surface area contributed by atoms with E-state index in [1.54, 1.807) is 6.07 Å². The number of aromatic nitrogens is 1. The molecular weight excluding hydrogens is 226 g/mol. The van der Waals surface area contributed by atoms with Gasteiger partial charge in [0.15, 0.2) is 0 Å². The molecule has 1 saturated heterocycles. The average Bonchev–Trinajstić information content (AvgIpc) is 2.36. The lowest BCUT2D eigenvalue weighted by molar-refractivity contribution is -0.132. The molecule has 4 heteroatoms. The van der Waals surface area contributed by atoms with Gasteiger partial charge in [0.2, 0.25) is 5.91 Å². The number of hydrogen-bond acceptors (Lipinski definition) is 3. The van der Waals surface area contributed by atoms with Gasteiger partial charge in [-0.1, -0.05) is 13.0 Å². The van der Waals surface area contributed by atoms with Crippen molar-refractivity contribution in [3.8, 4) is 0 Å². The van der Waals surface area contributed by atoms with E-state index >= 15 is 0 Å². The van der Waals surface area contributed by atoms with Crippen molar-refractivity contribution in [2.24, 2.45) is 5.92 Å². The molecule has 4 nitrogen and oxygen atoms in total. The van der Waals surface area contributed by atoms with Crippen molar-refractivity contribution < 1.29 is 4.79 Å². The number of piperidine rings is 1. The molecular formula is C14H21N3O. The molecule has 2 N–H and O–H groups in total. The Morgan fingerprint density at radius 3 is 3.11 bits per heavy atom. The summed E-state index contributed by atoms with van der Waals surface area (Å²) in [7, 11) is 0. The number of carbonyl (C=O) groups excluding carboxylic acids is 1. The lowest BCUT2D eigenvalue weighted by Crippen LogP contribution is -2.39. The molecule has 1 atom stereocenters. The van der Waals surface area contributed by atoms with Gasteiger partial charge in [-0.25, -0.2) is 4.98 Å². The first kappa shape index (κ1) is 12.9. The van der Waals surface area contributed by atoms with Gasteiger partial charge in [0, 0.05) is 25.2 Å². The van der Waals surface area contributed by atoms with Crippen molar-refractivity contribution in [3.63, 3.8) is 0 Å². The number of amides is 1.